The highest BCUT2D eigenvalue weighted by Crippen LogP contribution is 2.18. The first-order valence-electron chi connectivity index (χ1n) is 12.3. The Kier molecular flexibility index (Phi) is 7.44. The molecule has 39 heavy (non-hydrogen) atoms. The molecule has 1 atom stereocenters. The summed E-state index contributed by atoms with van der Waals surface area (Å²) in [5, 5.41) is 13.2. The first-order valence-corrected chi connectivity index (χ1v) is 13.8. The van der Waals surface area contributed by atoms with Crippen LogP contribution in [0.2, 0.25) is 0 Å². The number of nitrogens with zero attached hydrogens (tertiary/aromatic N) is 1. The van der Waals surface area contributed by atoms with Crippen molar-refractivity contribution in [1.82, 2.24) is 14.7 Å². The number of rotatable bonds is 11. The average Bonchev–Trinajstić information content (AvgIpc) is 3.34. The van der Waals surface area contributed by atoms with Gasteiger partial charge in [-0.05, 0) is 54.8 Å². The van der Waals surface area contributed by atoms with Crippen LogP contribution in [0.25, 0.3) is 22.0 Å². The number of benzene rings is 3. The Bertz CT molecular complexity index is 1760. The Hall–Kier alpha value is -4.48. The third kappa shape index (κ3) is 6.16. The van der Waals surface area contributed by atoms with Crippen LogP contribution < -0.4 is 15.5 Å². The number of H-pyrrole nitrogens is 1. The highest BCUT2D eigenvalue weighted by molar-refractivity contribution is 7.89. The molecule has 4 N–H and O–H groups in total. The molecule has 0 amide bonds. The molecule has 0 radical (unpaired) electrons. The van der Waals surface area contributed by atoms with E-state index in [1.807, 2.05) is 24.3 Å². The molecule has 3 aromatic carbocycles. The van der Waals surface area contributed by atoms with Crippen molar-refractivity contribution in [2.45, 2.75) is 30.2 Å². The van der Waals surface area contributed by atoms with E-state index in [2.05, 4.69) is 20.0 Å². The predicted molar refractivity (Wildman–Crippen MR) is 147 cm³/mol. The lowest BCUT2D eigenvalue weighted by molar-refractivity contribution is -0.138. The number of aromatic nitrogens is 2. The van der Waals surface area contributed by atoms with E-state index < -0.39 is 22.0 Å². The molecule has 0 bridgehead atoms. The summed E-state index contributed by atoms with van der Waals surface area (Å²) < 4.78 is 33.4. The summed E-state index contributed by atoms with van der Waals surface area (Å²) in [6.45, 7) is 0.621. The van der Waals surface area contributed by atoms with Crippen LogP contribution in [0.5, 0.6) is 0 Å². The monoisotopic (exact) mass is 546 g/mol. The Morgan fingerprint density at radius 1 is 1.03 bits per heavy atom. The number of carboxylic acid groups (broad SMARTS) is 1. The summed E-state index contributed by atoms with van der Waals surface area (Å²) in [4.78, 5) is 32.3. The number of para-hydroxylation sites is 2. The number of aryl methyl sites for hydroxylation is 1. The summed E-state index contributed by atoms with van der Waals surface area (Å²) in [7, 11) is -4.04. The summed E-state index contributed by atoms with van der Waals surface area (Å²) in [5.74, 6) is -0.117. The number of aromatic amines is 1. The number of hydrogen-bond acceptors (Lipinski definition) is 7. The number of aliphatic carboxylic acids is 1. The van der Waals surface area contributed by atoms with E-state index in [1.165, 1.54) is 18.2 Å². The molecule has 0 aliphatic rings. The summed E-state index contributed by atoms with van der Waals surface area (Å²) in [5.41, 5.74) is 2.44. The smallest absolute Gasteiger partial charge is 0.322 e. The molecule has 10 nitrogen and oxygen atoms in total. The molecule has 0 fully saturated rings. The lowest BCUT2D eigenvalue weighted by Crippen LogP contribution is -2.42. The number of carboxylic acids is 1. The zero-order valence-corrected chi connectivity index (χ0v) is 21.6. The van der Waals surface area contributed by atoms with Gasteiger partial charge in [-0.15, -0.1) is 0 Å². The van der Waals surface area contributed by atoms with E-state index >= 15 is 0 Å². The quantitative estimate of drug-likeness (QED) is 0.183. The van der Waals surface area contributed by atoms with E-state index in [0.717, 1.165) is 11.0 Å². The fourth-order valence-electron chi connectivity index (χ4n) is 4.28. The minimum absolute atomic E-state index is 0.0317. The number of anilines is 1. The molecule has 2 heterocycles. The van der Waals surface area contributed by atoms with E-state index in [9.17, 15) is 23.1 Å². The lowest BCUT2D eigenvalue weighted by Gasteiger charge is -2.15. The van der Waals surface area contributed by atoms with Gasteiger partial charge < -0.3 is 19.8 Å². The van der Waals surface area contributed by atoms with Crippen LogP contribution in [-0.4, -0.2) is 42.0 Å². The first-order chi connectivity index (χ1) is 18.8. The molecule has 0 aliphatic carbocycles. The summed E-state index contributed by atoms with van der Waals surface area (Å²) >= 11 is 0. The van der Waals surface area contributed by atoms with Gasteiger partial charge in [0.1, 0.15) is 17.4 Å². The maximum Gasteiger partial charge on any atom is 0.322 e. The number of hydrogen-bond donors (Lipinski definition) is 4. The zero-order valence-electron chi connectivity index (χ0n) is 20.8. The van der Waals surface area contributed by atoms with Crippen LogP contribution in [0.4, 0.5) is 5.95 Å². The number of fused-ring (bicyclic) bond motifs is 2. The minimum Gasteiger partial charge on any atom is -0.480 e. The number of carbonyl (C=O) groups is 1. The second kappa shape index (κ2) is 11.1. The highest BCUT2D eigenvalue weighted by Gasteiger charge is 2.26. The molecule has 11 heteroatoms. The third-order valence-corrected chi connectivity index (χ3v) is 7.70. The van der Waals surface area contributed by atoms with Crippen molar-refractivity contribution in [1.29, 1.82) is 0 Å². The molecule has 1 unspecified atom stereocenters. The number of sulfonamides is 1. The highest BCUT2D eigenvalue weighted by atomic mass is 32.2. The fraction of sp³-hybridized carbons (Fsp3) is 0.179. The first kappa shape index (κ1) is 26.1. The molecular formula is C28H26N4O6S. The molecule has 0 saturated carbocycles. The van der Waals surface area contributed by atoms with Crippen LogP contribution in [0.3, 0.4) is 0 Å². The van der Waals surface area contributed by atoms with Gasteiger partial charge in [-0.2, -0.15) is 4.72 Å². The molecule has 5 aromatic rings. The van der Waals surface area contributed by atoms with E-state index in [4.69, 9.17) is 4.42 Å². The third-order valence-electron chi connectivity index (χ3n) is 6.21. The fourth-order valence-corrected chi connectivity index (χ4v) is 5.49. The SMILES string of the molecule is O=C(O)C(Cc1ccc2oc(CCCNc3nc4ccccc4[nH]3)cc(=O)c2c1)NS(=O)(=O)c1ccccc1. The van der Waals surface area contributed by atoms with Crippen LogP contribution in [0.15, 0.2) is 93.0 Å². The minimum atomic E-state index is -4.04. The number of nitrogens with one attached hydrogen (secondary N) is 3. The van der Waals surface area contributed by atoms with Crippen LogP contribution in [0, 0.1) is 0 Å². The molecule has 0 aliphatic heterocycles. The Labute approximate surface area is 223 Å². The van der Waals surface area contributed by atoms with E-state index in [1.54, 1.807) is 36.4 Å². The van der Waals surface area contributed by atoms with Gasteiger partial charge in [-0.1, -0.05) is 36.4 Å². The van der Waals surface area contributed by atoms with Crippen LogP contribution >= 0.6 is 0 Å². The van der Waals surface area contributed by atoms with Gasteiger partial charge >= 0.3 is 5.97 Å². The predicted octanol–water partition coefficient (Wildman–Crippen LogP) is 3.69. The molecule has 5 rings (SSSR count). The normalized spacial score (nSPS) is 12.5. The Morgan fingerprint density at radius 2 is 1.79 bits per heavy atom. The Balaban J connectivity index is 1.24. The second-order valence-corrected chi connectivity index (χ2v) is 10.8. The van der Waals surface area contributed by atoms with Gasteiger partial charge in [0, 0.05) is 19.0 Å². The number of imidazole rings is 1. The van der Waals surface area contributed by atoms with Gasteiger partial charge in [0.15, 0.2) is 5.43 Å². The van der Waals surface area contributed by atoms with Crippen molar-refractivity contribution < 1.29 is 22.7 Å². The lowest BCUT2D eigenvalue weighted by atomic mass is 10.0. The van der Waals surface area contributed by atoms with Crippen LogP contribution in [0.1, 0.15) is 17.7 Å². The topological polar surface area (TPSA) is 154 Å². The molecule has 2 aromatic heterocycles. The maximum absolute atomic E-state index is 12.8. The van der Waals surface area contributed by atoms with Gasteiger partial charge in [0.2, 0.25) is 16.0 Å². The largest absolute Gasteiger partial charge is 0.480 e. The van der Waals surface area contributed by atoms with Crippen molar-refractivity contribution in [3.05, 3.63) is 100 Å². The van der Waals surface area contributed by atoms with Crippen LogP contribution in [-0.2, 0) is 27.7 Å². The second-order valence-electron chi connectivity index (χ2n) is 9.07. The van der Waals surface area contributed by atoms with Crippen molar-refractivity contribution in [2.24, 2.45) is 0 Å². The average molecular weight is 547 g/mol. The molecule has 0 spiro atoms. The Morgan fingerprint density at radius 3 is 2.56 bits per heavy atom. The van der Waals surface area contributed by atoms with E-state index in [-0.39, 0.29) is 16.7 Å². The maximum atomic E-state index is 12.8. The van der Waals surface area contributed by atoms with Gasteiger partial charge in [0.05, 0.1) is 21.3 Å². The zero-order chi connectivity index (χ0) is 27.4. The van der Waals surface area contributed by atoms with E-state index in [0.29, 0.717) is 47.6 Å². The van der Waals surface area contributed by atoms with Gasteiger partial charge in [-0.25, -0.2) is 13.4 Å². The van der Waals surface area contributed by atoms with Crippen molar-refractivity contribution >= 4 is 43.9 Å². The van der Waals surface area contributed by atoms with Crippen molar-refractivity contribution in [3.8, 4) is 0 Å². The van der Waals surface area contributed by atoms with Crippen molar-refractivity contribution in [3.63, 3.8) is 0 Å². The van der Waals surface area contributed by atoms with Gasteiger partial charge in [-0.3, -0.25) is 9.59 Å². The summed E-state index contributed by atoms with van der Waals surface area (Å²) in [6, 6.07) is 20.1. The molecular weight excluding hydrogens is 520 g/mol. The van der Waals surface area contributed by atoms with Crippen molar-refractivity contribution in [2.75, 3.05) is 11.9 Å². The van der Waals surface area contributed by atoms with Gasteiger partial charge in [0.25, 0.3) is 0 Å². The molecule has 200 valence electrons. The molecule has 0 saturated heterocycles. The standard InChI is InChI=1S/C28H26N4O6S/c33-25-17-19(7-6-14-29-28-30-22-10-4-5-11-23(22)31-28)38-26-13-12-18(15-21(25)26)16-24(27(34)35)32-39(36,37)20-8-2-1-3-9-20/h1-5,8-13,15,17,24,32H,6-7,14,16H2,(H,34,35)(H2,29,30,31). The summed E-state index contributed by atoms with van der Waals surface area (Å²) in [6.07, 6.45) is 1.08.